The number of sulfonamides is 1. The van der Waals surface area contributed by atoms with Crippen molar-refractivity contribution in [3.8, 4) is 0 Å². The van der Waals surface area contributed by atoms with Crippen LogP contribution < -0.4 is 10.6 Å². The Kier molecular flexibility index (Phi) is 7.39. The predicted molar refractivity (Wildman–Crippen MR) is 118 cm³/mol. The Labute approximate surface area is 178 Å². The topological polar surface area (TPSA) is 95.6 Å². The van der Waals surface area contributed by atoms with Crippen LogP contribution in [0.3, 0.4) is 0 Å². The van der Waals surface area contributed by atoms with Crippen LogP contribution in [-0.2, 0) is 21.2 Å². The fourth-order valence-corrected chi connectivity index (χ4v) is 4.11. The number of rotatable bonds is 7. The number of nitrogens with zero attached hydrogens (tertiary/aromatic N) is 1. The molecular weight excluding hydrogens is 402 g/mol. The number of carbonyl (C=O) groups is 2. The zero-order valence-corrected chi connectivity index (χ0v) is 19.1. The quantitative estimate of drug-likeness (QED) is 0.705. The van der Waals surface area contributed by atoms with E-state index in [-0.39, 0.29) is 28.8 Å². The van der Waals surface area contributed by atoms with Gasteiger partial charge in [0.2, 0.25) is 15.9 Å². The lowest BCUT2D eigenvalue weighted by Crippen LogP contribution is -2.31. The maximum Gasteiger partial charge on any atom is 0.255 e. The summed E-state index contributed by atoms with van der Waals surface area (Å²) in [5, 5.41) is 5.61. The van der Waals surface area contributed by atoms with Crippen LogP contribution in [0.25, 0.3) is 0 Å². The van der Waals surface area contributed by atoms with Gasteiger partial charge in [0, 0.05) is 31.4 Å². The number of benzene rings is 2. The molecule has 30 heavy (non-hydrogen) atoms. The highest BCUT2D eigenvalue weighted by molar-refractivity contribution is 7.89. The Bertz CT molecular complexity index is 1040. The largest absolute Gasteiger partial charge is 0.354 e. The fourth-order valence-electron chi connectivity index (χ4n) is 2.89. The van der Waals surface area contributed by atoms with E-state index in [2.05, 4.69) is 10.6 Å². The summed E-state index contributed by atoms with van der Waals surface area (Å²) in [5.74, 6) is -0.467. The van der Waals surface area contributed by atoms with Gasteiger partial charge in [0.15, 0.2) is 0 Å². The molecule has 0 heterocycles. The SMILES string of the molecule is Cc1cc(C(=O)Nc2ccc(CC(=O)NC(C)C)cc2)cc(S(=O)(=O)N(C)C)c1C. The van der Waals surface area contributed by atoms with Crippen LogP contribution in [0.1, 0.15) is 40.9 Å². The molecule has 162 valence electrons. The average Bonchev–Trinajstić information content (AvgIpc) is 2.64. The van der Waals surface area contributed by atoms with Crippen LogP contribution in [0.2, 0.25) is 0 Å². The number of nitrogens with one attached hydrogen (secondary N) is 2. The van der Waals surface area contributed by atoms with Crippen molar-refractivity contribution in [2.24, 2.45) is 0 Å². The normalized spacial score (nSPS) is 11.6. The van der Waals surface area contributed by atoms with Crippen LogP contribution in [0, 0.1) is 13.8 Å². The molecule has 0 aliphatic heterocycles. The minimum absolute atomic E-state index is 0.0634. The second-order valence-corrected chi connectivity index (χ2v) is 9.87. The molecule has 0 aliphatic rings. The molecule has 2 aromatic rings. The Morgan fingerprint density at radius 1 is 1.03 bits per heavy atom. The summed E-state index contributed by atoms with van der Waals surface area (Å²) in [6.45, 7) is 7.30. The molecule has 2 aromatic carbocycles. The molecule has 0 spiro atoms. The lowest BCUT2D eigenvalue weighted by atomic mass is 10.1. The first-order valence-corrected chi connectivity index (χ1v) is 11.1. The van der Waals surface area contributed by atoms with Crippen LogP contribution in [0.15, 0.2) is 41.3 Å². The Morgan fingerprint density at radius 2 is 1.63 bits per heavy atom. The summed E-state index contributed by atoms with van der Waals surface area (Å²) in [6.07, 6.45) is 0.259. The van der Waals surface area contributed by atoms with Crippen molar-refractivity contribution in [3.63, 3.8) is 0 Å². The van der Waals surface area contributed by atoms with Crippen LogP contribution in [0.4, 0.5) is 5.69 Å². The maximum absolute atomic E-state index is 12.7. The van der Waals surface area contributed by atoms with Gasteiger partial charge in [-0.1, -0.05) is 12.1 Å². The Balaban J connectivity index is 2.20. The van der Waals surface area contributed by atoms with E-state index in [9.17, 15) is 18.0 Å². The van der Waals surface area contributed by atoms with Gasteiger partial charge in [0.1, 0.15) is 0 Å². The van der Waals surface area contributed by atoms with Gasteiger partial charge >= 0.3 is 0 Å². The predicted octanol–water partition coefficient (Wildman–Crippen LogP) is 2.87. The fraction of sp³-hybridized carbons (Fsp3) is 0.364. The maximum atomic E-state index is 12.7. The molecule has 7 nitrogen and oxygen atoms in total. The van der Waals surface area contributed by atoms with Crippen molar-refractivity contribution in [1.82, 2.24) is 9.62 Å². The molecule has 0 saturated heterocycles. The summed E-state index contributed by atoms with van der Waals surface area (Å²) in [5.41, 5.74) is 2.98. The van der Waals surface area contributed by atoms with Crippen LogP contribution >= 0.6 is 0 Å². The van der Waals surface area contributed by atoms with Gasteiger partial charge in [-0.3, -0.25) is 9.59 Å². The standard InChI is InChI=1S/C22H29N3O4S/c1-14(2)23-21(26)12-17-7-9-19(10-8-17)24-22(27)18-11-15(3)16(4)20(13-18)30(28,29)25(5)6/h7-11,13-14H,12H2,1-6H3,(H,23,26)(H,24,27). The minimum atomic E-state index is -3.67. The van der Waals surface area contributed by atoms with Crippen LogP contribution in [-0.4, -0.2) is 44.7 Å². The molecule has 0 atom stereocenters. The Hall–Kier alpha value is -2.71. The van der Waals surface area contributed by atoms with E-state index in [1.54, 1.807) is 44.2 Å². The molecule has 0 radical (unpaired) electrons. The highest BCUT2D eigenvalue weighted by atomic mass is 32.2. The van der Waals surface area contributed by atoms with Gasteiger partial charge in [-0.15, -0.1) is 0 Å². The first kappa shape index (κ1) is 23.6. The van der Waals surface area contributed by atoms with Gasteiger partial charge in [-0.25, -0.2) is 12.7 Å². The second kappa shape index (κ2) is 9.40. The van der Waals surface area contributed by atoms with E-state index in [1.165, 1.54) is 20.2 Å². The van der Waals surface area contributed by atoms with E-state index >= 15 is 0 Å². The first-order chi connectivity index (χ1) is 13.9. The monoisotopic (exact) mass is 431 g/mol. The van der Waals surface area contributed by atoms with Gasteiger partial charge in [-0.05, 0) is 68.7 Å². The number of hydrogen-bond acceptors (Lipinski definition) is 4. The van der Waals surface area contributed by atoms with E-state index < -0.39 is 15.9 Å². The van der Waals surface area contributed by atoms with Crippen molar-refractivity contribution in [1.29, 1.82) is 0 Å². The summed E-state index contributed by atoms with van der Waals surface area (Å²) >= 11 is 0. The highest BCUT2D eigenvalue weighted by Crippen LogP contribution is 2.24. The van der Waals surface area contributed by atoms with E-state index in [1.807, 2.05) is 13.8 Å². The first-order valence-electron chi connectivity index (χ1n) is 9.65. The molecule has 0 aromatic heterocycles. The molecule has 0 fully saturated rings. The summed E-state index contributed by atoms with van der Waals surface area (Å²) in [7, 11) is -0.753. The molecule has 0 saturated carbocycles. The molecule has 2 amide bonds. The van der Waals surface area contributed by atoms with Gasteiger partial charge in [0.05, 0.1) is 11.3 Å². The van der Waals surface area contributed by atoms with E-state index in [4.69, 9.17) is 0 Å². The lowest BCUT2D eigenvalue weighted by Gasteiger charge is -2.16. The van der Waals surface area contributed by atoms with Gasteiger partial charge in [0.25, 0.3) is 5.91 Å². The van der Waals surface area contributed by atoms with E-state index in [0.29, 0.717) is 11.3 Å². The number of hydrogen-bond donors (Lipinski definition) is 2. The Morgan fingerprint density at radius 3 is 2.17 bits per heavy atom. The number of anilines is 1. The highest BCUT2D eigenvalue weighted by Gasteiger charge is 2.23. The van der Waals surface area contributed by atoms with Crippen molar-refractivity contribution in [3.05, 3.63) is 58.7 Å². The van der Waals surface area contributed by atoms with Crippen molar-refractivity contribution >= 4 is 27.5 Å². The third-order valence-corrected chi connectivity index (χ3v) is 6.61. The minimum Gasteiger partial charge on any atom is -0.354 e. The van der Waals surface area contributed by atoms with Crippen molar-refractivity contribution in [2.45, 2.75) is 45.1 Å². The molecule has 0 bridgehead atoms. The number of amides is 2. The smallest absolute Gasteiger partial charge is 0.255 e. The van der Waals surface area contributed by atoms with E-state index in [0.717, 1.165) is 15.4 Å². The zero-order valence-electron chi connectivity index (χ0n) is 18.2. The molecule has 2 rings (SSSR count). The summed E-state index contributed by atoms with van der Waals surface area (Å²) in [6, 6.07) is 10.1. The second-order valence-electron chi connectivity index (χ2n) is 7.75. The van der Waals surface area contributed by atoms with Crippen molar-refractivity contribution in [2.75, 3.05) is 19.4 Å². The van der Waals surface area contributed by atoms with Gasteiger partial charge < -0.3 is 10.6 Å². The molecule has 2 N–H and O–H groups in total. The van der Waals surface area contributed by atoms with Crippen molar-refractivity contribution < 1.29 is 18.0 Å². The third-order valence-electron chi connectivity index (χ3n) is 4.67. The summed E-state index contributed by atoms with van der Waals surface area (Å²) < 4.78 is 26.3. The molecule has 0 aliphatic carbocycles. The molecule has 8 heteroatoms. The van der Waals surface area contributed by atoms with Gasteiger partial charge in [-0.2, -0.15) is 0 Å². The zero-order chi connectivity index (χ0) is 22.6. The van der Waals surface area contributed by atoms with Crippen LogP contribution in [0.5, 0.6) is 0 Å². The summed E-state index contributed by atoms with van der Waals surface area (Å²) in [4.78, 5) is 24.7. The third kappa shape index (κ3) is 5.67. The lowest BCUT2D eigenvalue weighted by molar-refractivity contribution is -0.120. The molecular formula is C22H29N3O4S. The number of aryl methyl sites for hydroxylation is 1. The average molecular weight is 432 g/mol. The number of carbonyl (C=O) groups excluding carboxylic acids is 2. The molecule has 0 unspecified atom stereocenters.